The lowest BCUT2D eigenvalue weighted by Gasteiger charge is -2.42. The number of rotatable bonds is 2. The lowest BCUT2D eigenvalue weighted by atomic mass is 9.82. The van der Waals surface area contributed by atoms with Crippen molar-refractivity contribution >= 4 is 23.2 Å². The molecule has 2 atom stereocenters. The SMILES string of the molecule is CN1CC[C@]2(CCC1=O)C[C@H](NC(=O)c1cccs1)c1ccccc1O2. The number of nitrogens with zero attached hydrogens (tertiary/aromatic N) is 1. The minimum atomic E-state index is -0.415. The average Bonchev–Trinajstić information content (AvgIpc) is 3.15. The van der Waals surface area contributed by atoms with Crippen molar-refractivity contribution in [2.75, 3.05) is 13.6 Å². The van der Waals surface area contributed by atoms with Crippen LogP contribution in [-0.4, -0.2) is 35.9 Å². The van der Waals surface area contributed by atoms with Gasteiger partial charge in [-0.25, -0.2) is 0 Å². The van der Waals surface area contributed by atoms with Crippen LogP contribution in [0.3, 0.4) is 0 Å². The van der Waals surface area contributed by atoms with E-state index in [0.717, 1.165) is 17.7 Å². The van der Waals surface area contributed by atoms with Crippen molar-refractivity contribution in [2.24, 2.45) is 0 Å². The van der Waals surface area contributed by atoms with E-state index in [1.807, 2.05) is 48.8 Å². The zero-order chi connectivity index (χ0) is 18.1. The van der Waals surface area contributed by atoms with E-state index in [1.54, 1.807) is 4.90 Å². The lowest BCUT2D eigenvalue weighted by molar-refractivity contribution is -0.129. The zero-order valence-corrected chi connectivity index (χ0v) is 15.6. The third kappa shape index (κ3) is 3.21. The molecule has 2 amide bonds. The Bertz CT molecular complexity index is 820. The highest BCUT2D eigenvalue weighted by Gasteiger charge is 2.43. The van der Waals surface area contributed by atoms with Crippen LogP contribution in [0.15, 0.2) is 41.8 Å². The number of amides is 2. The summed E-state index contributed by atoms with van der Waals surface area (Å²) < 4.78 is 6.41. The van der Waals surface area contributed by atoms with E-state index in [4.69, 9.17) is 4.74 Å². The van der Waals surface area contributed by atoms with Gasteiger partial charge in [0.25, 0.3) is 5.91 Å². The van der Waals surface area contributed by atoms with Gasteiger partial charge in [-0.1, -0.05) is 24.3 Å². The number of likely N-dealkylation sites (tertiary alicyclic amines) is 1. The Morgan fingerprint density at radius 1 is 1.27 bits per heavy atom. The van der Waals surface area contributed by atoms with Crippen molar-refractivity contribution < 1.29 is 14.3 Å². The quantitative estimate of drug-likeness (QED) is 0.882. The molecule has 0 radical (unpaired) electrons. The Labute approximate surface area is 157 Å². The number of fused-ring (bicyclic) bond motifs is 1. The molecule has 0 bridgehead atoms. The van der Waals surface area contributed by atoms with Gasteiger partial charge < -0.3 is 15.0 Å². The van der Waals surface area contributed by atoms with Crippen LogP contribution in [0.4, 0.5) is 0 Å². The van der Waals surface area contributed by atoms with E-state index >= 15 is 0 Å². The summed E-state index contributed by atoms with van der Waals surface area (Å²) in [6, 6.07) is 11.5. The second kappa shape index (κ2) is 6.76. The van der Waals surface area contributed by atoms with Crippen LogP contribution in [0.5, 0.6) is 5.75 Å². The van der Waals surface area contributed by atoms with E-state index < -0.39 is 5.60 Å². The van der Waals surface area contributed by atoms with E-state index in [2.05, 4.69) is 5.32 Å². The van der Waals surface area contributed by atoms with Crippen LogP contribution >= 0.6 is 11.3 Å². The number of nitrogens with one attached hydrogen (secondary N) is 1. The van der Waals surface area contributed by atoms with E-state index in [-0.39, 0.29) is 17.9 Å². The van der Waals surface area contributed by atoms with Gasteiger partial charge in [-0.15, -0.1) is 11.3 Å². The van der Waals surface area contributed by atoms with Crippen LogP contribution in [0.2, 0.25) is 0 Å². The number of benzene rings is 1. The monoisotopic (exact) mass is 370 g/mol. The number of hydrogen-bond donors (Lipinski definition) is 1. The Kier molecular flexibility index (Phi) is 4.44. The molecule has 26 heavy (non-hydrogen) atoms. The highest BCUT2D eigenvalue weighted by molar-refractivity contribution is 7.12. The van der Waals surface area contributed by atoms with Crippen LogP contribution in [-0.2, 0) is 4.79 Å². The second-order valence-corrected chi connectivity index (χ2v) is 8.04. The maximum Gasteiger partial charge on any atom is 0.261 e. The summed E-state index contributed by atoms with van der Waals surface area (Å²) in [6.45, 7) is 0.673. The number of thiophene rings is 1. The number of hydrogen-bond acceptors (Lipinski definition) is 4. The van der Waals surface area contributed by atoms with Crippen LogP contribution < -0.4 is 10.1 Å². The van der Waals surface area contributed by atoms with Crippen molar-refractivity contribution in [2.45, 2.75) is 37.3 Å². The van der Waals surface area contributed by atoms with Gasteiger partial charge in [0.15, 0.2) is 0 Å². The Balaban J connectivity index is 1.63. The molecular weight excluding hydrogens is 348 g/mol. The number of para-hydroxylation sites is 1. The van der Waals surface area contributed by atoms with Crippen molar-refractivity contribution in [1.29, 1.82) is 0 Å². The normalized spacial score (nSPS) is 25.3. The number of carbonyl (C=O) groups is 2. The van der Waals surface area contributed by atoms with Crippen molar-refractivity contribution in [3.05, 3.63) is 52.2 Å². The van der Waals surface area contributed by atoms with Crippen molar-refractivity contribution in [1.82, 2.24) is 10.2 Å². The molecule has 4 rings (SSSR count). The average molecular weight is 370 g/mol. The molecule has 1 aromatic heterocycles. The molecule has 0 saturated carbocycles. The first-order valence-corrected chi connectivity index (χ1v) is 9.81. The summed E-state index contributed by atoms with van der Waals surface area (Å²) in [5, 5.41) is 5.09. The van der Waals surface area contributed by atoms with Gasteiger partial charge in [0.05, 0.1) is 10.9 Å². The van der Waals surface area contributed by atoms with Gasteiger partial charge >= 0.3 is 0 Å². The topological polar surface area (TPSA) is 58.6 Å². The molecule has 0 unspecified atom stereocenters. The predicted octanol–water partition coefficient (Wildman–Crippen LogP) is 3.38. The maximum absolute atomic E-state index is 12.6. The third-order valence-corrected chi connectivity index (χ3v) is 6.24. The second-order valence-electron chi connectivity index (χ2n) is 7.10. The third-order valence-electron chi connectivity index (χ3n) is 5.37. The van der Waals surface area contributed by atoms with Crippen LogP contribution in [0.25, 0.3) is 0 Å². The molecule has 1 saturated heterocycles. The first-order chi connectivity index (χ1) is 12.6. The maximum atomic E-state index is 12.6. The Morgan fingerprint density at radius 3 is 2.92 bits per heavy atom. The van der Waals surface area contributed by atoms with E-state index in [1.165, 1.54) is 11.3 Å². The fraction of sp³-hybridized carbons (Fsp3) is 0.400. The van der Waals surface area contributed by atoms with Crippen LogP contribution in [0.1, 0.15) is 47.0 Å². The van der Waals surface area contributed by atoms with Gasteiger partial charge in [-0.3, -0.25) is 9.59 Å². The molecule has 1 aromatic carbocycles. The zero-order valence-electron chi connectivity index (χ0n) is 14.7. The molecule has 1 spiro atoms. The lowest BCUT2D eigenvalue weighted by Crippen LogP contribution is -2.45. The predicted molar refractivity (Wildman–Crippen MR) is 100 cm³/mol. The summed E-state index contributed by atoms with van der Waals surface area (Å²) in [6.07, 6.45) is 2.61. The summed E-state index contributed by atoms with van der Waals surface area (Å²) in [7, 11) is 1.84. The largest absolute Gasteiger partial charge is 0.487 e. The number of ether oxygens (including phenoxy) is 1. The smallest absolute Gasteiger partial charge is 0.261 e. The van der Waals surface area contributed by atoms with Gasteiger partial charge in [0, 0.05) is 38.4 Å². The van der Waals surface area contributed by atoms with E-state index in [9.17, 15) is 9.59 Å². The van der Waals surface area contributed by atoms with Crippen LogP contribution in [0, 0.1) is 0 Å². The summed E-state index contributed by atoms with van der Waals surface area (Å²) in [4.78, 5) is 27.2. The van der Waals surface area contributed by atoms with Crippen molar-refractivity contribution in [3.8, 4) is 5.75 Å². The first kappa shape index (κ1) is 17.1. The fourth-order valence-corrected chi connectivity index (χ4v) is 4.46. The molecule has 0 aliphatic carbocycles. The minimum absolute atomic E-state index is 0.0568. The first-order valence-electron chi connectivity index (χ1n) is 8.93. The van der Waals surface area contributed by atoms with Gasteiger partial charge in [0.1, 0.15) is 11.4 Å². The van der Waals surface area contributed by atoms with E-state index in [0.29, 0.717) is 30.7 Å². The summed E-state index contributed by atoms with van der Waals surface area (Å²) in [5.41, 5.74) is 0.592. The van der Waals surface area contributed by atoms with Gasteiger partial charge in [-0.2, -0.15) is 0 Å². The summed E-state index contributed by atoms with van der Waals surface area (Å²) in [5.74, 6) is 0.911. The van der Waals surface area contributed by atoms with Gasteiger partial charge in [0.2, 0.25) is 5.91 Å². The molecule has 2 aliphatic heterocycles. The highest BCUT2D eigenvalue weighted by Crippen LogP contribution is 2.44. The fourth-order valence-electron chi connectivity index (χ4n) is 3.84. The highest BCUT2D eigenvalue weighted by atomic mass is 32.1. The van der Waals surface area contributed by atoms with Crippen molar-refractivity contribution in [3.63, 3.8) is 0 Å². The molecule has 1 fully saturated rings. The standard InChI is InChI=1S/C20H22N2O3S/c1-22-11-10-20(9-8-18(22)23)13-15(14-5-2-3-6-16(14)25-20)21-19(24)17-7-4-12-26-17/h2-7,12,15H,8-11,13H2,1H3,(H,21,24)/t15-,20+/m0/s1. The molecule has 1 N–H and O–H groups in total. The Hall–Kier alpha value is -2.34. The minimum Gasteiger partial charge on any atom is -0.487 e. The van der Waals surface area contributed by atoms with Gasteiger partial charge in [-0.05, 0) is 23.9 Å². The number of carbonyl (C=O) groups excluding carboxylic acids is 2. The summed E-state index contributed by atoms with van der Waals surface area (Å²) >= 11 is 1.44. The molecular formula is C20H22N2O3S. The molecule has 136 valence electrons. The Morgan fingerprint density at radius 2 is 2.12 bits per heavy atom. The molecule has 2 aromatic rings. The molecule has 2 aliphatic rings. The molecule has 5 nitrogen and oxygen atoms in total. The molecule has 3 heterocycles. The molecule has 6 heteroatoms.